The number of carbonyl (C=O) groups excluding carboxylic acids is 5. The number of piperazine rings is 1. The number of carbonyl (C=O) groups is 6. The molecule has 5 amide bonds. The molecule has 2 aliphatic heterocycles. The molecule has 2 aromatic carbocycles. The summed E-state index contributed by atoms with van der Waals surface area (Å²) in [6.45, 7) is 1.15. The third kappa shape index (κ3) is 6.71. The minimum Gasteiger partial charge on any atom is -0.535 e. The van der Waals surface area contributed by atoms with Gasteiger partial charge in [-0.25, -0.2) is 9.59 Å². The van der Waals surface area contributed by atoms with Gasteiger partial charge < -0.3 is 40.5 Å². The smallest absolute Gasteiger partial charge is 0.526 e. The molecule has 0 aliphatic carbocycles. The van der Waals surface area contributed by atoms with Crippen molar-refractivity contribution < 1.29 is 53.8 Å². The number of carboxylic acid groups (broad SMARTS) is 1. The molecule has 4 rings (SSSR count). The van der Waals surface area contributed by atoms with Crippen LogP contribution in [0.5, 0.6) is 17.2 Å². The first-order valence-corrected chi connectivity index (χ1v) is 13.8. The number of aromatic hydroxyl groups is 2. The molecule has 44 heavy (non-hydrogen) atoms. The number of benzene rings is 2. The average Bonchev–Trinajstić information content (AvgIpc) is 2.97. The van der Waals surface area contributed by atoms with E-state index in [0.717, 1.165) is 11.0 Å². The summed E-state index contributed by atoms with van der Waals surface area (Å²) in [7, 11) is -1.60. The van der Waals surface area contributed by atoms with Crippen LogP contribution in [0.1, 0.15) is 40.9 Å². The summed E-state index contributed by atoms with van der Waals surface area (Å²) in [4.78, 5) is 76.8. The van der Waals surface area contributed by atoms with Crippen molar-refractivity contribution in [1.82, 2.24) is 20.4 Å². The highest BCUT2D eigenvalue weighted by Gasteiger charge is 2.41. The number of aromatic carboxylic acids is 1. The number of halogens is 1. The van der Waals surface area contributed by atoms with Crippen LogP contribution >= 0.6 is 11.6 Å². The summed E-state index contributed by atoms with van der Waals surface area (Å²) < 4.78 is 5.45. The highest BCUT2D eigenvalue weighted by molar-refractivity contribution is 6.47. The van der Waals surface area contributed by atoms with Gasteiger partial charge in [0, 0.05) is 50.9 Å². The number of phenols is 2. The Bertz CT molecular complexity index is 1540. The van der Waals surface area contributed by atoms with E-state index in [1.165, 1.54) is 25.1 Å². The van der Waals surface area contributed by atoms with Crippen LogP contribution < -0.4 is 15.3 Å². The number of phenolic OH excluding ortho intramolecular Hbond substituents is 2. The quantitative estimate of drug-likeness (QED) is 0.127. The van der Waals surface area contributed by atoms with Crippen molar-refractivity contribution in [2.24, 2.45) is 0 Å². The maximum Gasteiger partial charge on any atom is 0.526 e. The standard InChI is InChI=1S/C27H28BClN4O11/c1-13(34)30-7-8-32-9-10-33(25(39)24(32)38)27(42)31-21(16-5-6-18(35)22(37)20(16)29)19(36)12-15-11-14-3-2-4-17(26(40)41)23(14)44-28(15)43/h2-6,15,21,35,37,43H,7-12H2,1H3,(H,30,34)(H,31,42)(H,40,41)/t15-,21?/m1/s1. The van der Waals surface area contributed by atoms with Crippen LogP contribution in [0.15, 0.2) is 30.3 Å². The number of Topliss-reactive ketones (excluding diaryl/α,β-unsaturated/α-hetero) is 1. The number of rotatable bonds is 9. The van der Waals surface area contributed by atoms with Gasteiger partial charge >= 0.3 is 30.9 Å². The topological polar surface area (TPSA) is 223 Å². The molecule has 0 spiro atoms. The van der Waals surface area contributed by atoms with E-state index in [4.69, 9.17) is 16.3 Å². The highest BCUT2D eigenvalue weighted by atomic mass is 35.5. The number of urea groups is 1. The number of hydrogen-bond donors (Lipinski definition) is 6. The number of amides is 5. The van der Waals surface area contributed by atoms with Gasteiger partial charge in [0.05, 0.1) is 10.6 Å². The zero-order valence-corrected chi connectivity index (χ0v) is 24.0. The Morgan fingerprint density at radius 1 is 1.11 bits per heavy atom. The molecule has 1 saturated heterocycles. The predicted molar refractivity (Wildman–Crippen MR) is 152 cm³/mol. The maximum atomic E-state index is 13.7. The molecule has 0 radical (unpaired) electrons. The van der Waals surface area contributed by atoms with E-state index in [-0.39, 0.29) is 55.4 Å². The van der Waals surface area contributed by atoms with Crippen molar-refractivity contribution in [1.29, 1.82) is 0 Å². The van der Waals surface area contributed by atoms with Gasteiger partial charge in [-0.15, -0.1) is 0 Å². The minimum atomic E-state index is -1.62. The molecule has 2 aromatic rings. The molecular weight excluding hydrogens is 603 g/mol. The van der Waals surface area contributed by atoms with Crippen LogP contribution in [-0.4, -0.2) is 98.9 Å². The normalized spacial score (nSPS) is 17.0. The molecular formula is C27H28BClN4O11. The number of carboxylic acids is 1. The molecule has 232 valence electrons. The van der Waals surface area contributed by atoms with Crippen molar-refractivity contribution in [2.45, 2.75) is 31.6 Å². The Morgan fingerprint density at radius 2 is 1.84 bits per heavy atom. The van der Waals surface area contributed by atoms with Crippen molar-refractivity contribution in [3.63, 3.8) is 0 Å². The van der Waals surface area contributed by atoms with Gasteiger partial charge in [-0.3, -0.25) is 24.1 Å². The fourth-order valence-corrected chi connectivity index (χ4v) is 5.25. The molecule has 17 heteroatoms. The summed E-state index contributed by atoms with van der Waals surface area (Å²) in [6.07, 6.45) is -0.406. The largest absolute Gasteiger partial charge is 0.535 e. The average molecular weight is 631 g/mol. The Labute approximate surface area is 255 Å². The van der Waals surface area contributed by atoms with Gasteiger partial charge in [-0.05, 0) is 24.1 Å². The van der Waals surface area contributed by atoms with Gasteiger partial charge in [0.25, 0.3) is 0 Å². The van der Waals surface area contributed by atoms with Gasteiger partial charge in [-0.2, -0.15) is 0 Å². The summed E-state index contributed by atoms with van der Waals surface area (Å²) in [5.74, 6) is -6.83. The van der Waals surface area contributed by atoms with E-state index in [1.807, 2.05) is 0 Å². The molecule has 2 heterocycles. The Balaban J connectivity index is 1.55. The molecule has 0 saturated carbocycles. The van der Waals surface area contributed by atoms with Gasteiger partial charge in [-0.1, -0.05) is 29.8 Å². The van der Waals surface area contributed by atoms with E-state index in [0.29, 0.717) is 10.5 Å². The van der Waals surface area contributed by atoms with E-state index < -0.39 is 71.5 Å². The van der Waals surface area contributed by atoms with E-state index in [2.05, 4.69) is 10.6 Å². The van der Waals surface area contributed by atoms with Crippen molar-refractivity contribution >= 4 is 54.2 Å². The monoisotopic (exact) mass is 630 g/mol. The maximum absolute atomic E-state index is 13.7. The molecule has 0 bridgehead atoms. The number of imide groups is 1. The Morgan fingerprint density at radius 3 is 2.52 bits per heavy atom. The zero-order chi connectivity index (χ0) is 32.3. The Hall–Kier alpha value is -4.83. The minimum absolute atomic E-state index is 0.0337. The highest BCUT2D eigenvalue weighted by Crippen LogP contribution is 2.41. The lowest BCUT2D eigenvalue weighted by Gasteiger charge is -2.33. The SMILES string of the molecule is CC(=O)NCCN1CCN(C(=O)NC(C(=O)C[C@H]2Cc3cccc(C(=O)O)c3OB2O)c2ccc(O)c(O)c2Cl)C(=O)C1=O. The van der Waals surface area contributed by atoms with Crippen molar-refractivity contribution in [3.8, 4) is 17.2 Å². The molecule has 6 N–H and O–H groups in total. The lowest BCUT2D eigenvalue weighted by Crippen LogP contribution is -2.59. The number of nitrogens with zero attached hydrogens (tertiary/aromatic N) is 2. The molecule has 1 unspecified atom stereocenters. The fraction of sp³-hybridized carbons (Fsp3) is 0.333. The number of nitrogens with one attached hydrogen (secondary N) is 2. The van der Waals surface area contributed by atoms with Crippen LogP contribution in [0.4, 0.5) is 4.79 Å². The number of ketones is 1. The second kappa shape index (κ2) is 13.2. The van der Waals surface area contributed by atoms with Crippen LogP contribution in [0, 0.1) is 0 Å². The van der Waals surface area contributed by atoms with Crippen LogP contribution in [-0.2, 0) is 25.6 Å². The van der Waals surface area contributed by atoms with Crippen molar-refractivity contribution in [3.05, 3.63) is 52.0 Å². The second-order valence-electron chi connectivity index (χ2n) is 10.2. The summed E-state index contributed by atoms with van der Waals surface area (Å²) >= 11 is 6.22. The first-order valence-electron chi connectivity index (χ1n) is 13.4. The molecule has 2 aliphatic rings. The zero-order valence-electron chi connectivity index (χ0n) is 23.3. The fourth-order valence-electron chi connectivity index (χ4n) is 4.98. The van der Waals surface area contributed by atoms with Crippen molar-refractivity contribution in [2.75, 3.05) is 26.2 Å². The molecule has 2 atom stereocenters. The van der Waals surface area contributed by atoms with Gasteiger partial charge in [0.2, 0.25) is 5.91 Å². The third-order valence-corrected chi connectivity index (χ3v) is 7.65. The lowest BCUT2D eigenvalue weighted by atomic mass is 9.64. The van der Waals surface area contributed by atoms with Crippen LogP contribution in [0.2, 0.25) is 10.8 Å². The van der Waals surface area contributed by atoms with Crippen LogP contribution in [0.25, 0.3) is 0 Å². The van der Waals surface area contributed by atoms with E-state index in [9.17, 15) is 49.1 Å². The summed E-state index contributed by atoms with van der Waals surface area (Å²) in [5.41, 5.74) is 0.111. The first-order chi connectivity index (χ1) is 20.8. The summed E-state index contributed by atoms with van der Waals surface area (Å²) in [6, 6.07) is 3.84. The predicted octanol–water partition coefficient (Wildman–Crippen LogP) is 0.452. The lowest BCUT2D eigenvalue weighted by molar-refractivity contribution is -0.153. The number of fused-ring (bicyclic) bond motifs is 1. The molecule has 0 aromatic heterocycles. The van der Waals surface area contributed by atoms with E-state index >= 15 is 0 Å². The molecule has 1 fully saturated rings. The molecule has 15 nitrogen and oxygen atoms in total. The number of para-hydroxylation sites is 1. The second-order valence-corrected chi connectivity index (χ2v) is 10.6. The summed E-state index contributed by atoms with van der Waals surface area (Å²) in [5, 5.41) is 44.5. The van der Waals surface area contributed by atoms with Gasteiger partial charge in [0.1, 0.15) is 11.8 Å². The van der Waals surface area contributed by atoms with Gasteiger partial charge in [0.15, 0.2) is 17.3 Å². The first kappa shape index (κ1) is 32.1. The number of hydrogen-bond acceptors (Lipinski definition) is 10. The third-order valence-electron chi connectivity index (χ3n) is 7.25. The Kier molecular flexibility index (Phi) is 9.64. The van der Waals surface area contributed by atoms with E-state index in [1.54, 1.807) is 6.07 Å². The van der Waals surface area contributed by atoms with Crippen LogP contribution in [0.3, 0.4) is 0 Å².